The number of aromatic hydroxyl groups is 1. The number of nitrogens with zero attached hydrogens (tertiary/aromatic N) is 5. The Balaban J connectivity index is 1.12. The SMILES string of the molecule is COC[C@H]1CN(C(c2ccccc2)(c2ccccc2)c2ccccc2)CCN1c1nc(OC[C@@H]2CCCN2C)nc2c1CCC1(CCCc3ccc(O)cc31)C2. The number of likely N-dealkylation sites (tertiary alicyclic amines) is 1. The average Bonchev–Trinajstić information content (AvgIpc) is 3.66. The Kier molecular flexibility index (Phi) is 10.3. The van der Waals surface area contributed by atoms with Gasteiger partial charge in [0.25, 0.3) is 0 Å². The second-order valence-electron chi connectivity index (χ2n) is 16.6. The Morgan fingerprint density at radius 2 is 1.46 bits per heavy atom. The molecule has 2 aliphatic heterocycles. The Bertz CT molecular complexity index is 2020. The van der Waals surface area contributed by atoms with E-state index in [0.29, 0.717) is 31.0 Å². The first-order chi connectivity index (χ1) is 27.5. The molecule has 0 saturated carbocycles. The molecule has 0 bridgehead atoms. The van der Waals surface area contributed by atoms with Crippen molar-refractivity contribution in [1.82, 2.24) is 19.8 Å². The van der Waals surface area contributed by atoms with Crippen molar-refractivity contribution in [1.29, 1.82) is 0 Å². The number of piperazine rings is 1. The summed E-state index contributed by atoms with van der Waals surface area (Å²) < 4.78 is 12.7. The first kappa shape index (κ1) is 36.9. The van der Waals surface area contributed by atoms with Crippen molar-refractivity contribution in [2.45, 2.75) is 74.4 Å². The zero-order valence-corrected chi connectivity index (χ0v) is 32.9. The molecule has 3 heterocycles. The molecule has 4 aromatic carbocycles. The monoisotopic (exact) mass is 749 g/mol. The van der Waals surface area contributed by atoms with Crippen LogP contribution in [0, 0.1) is 0 Å². The first-order valence-electron chi connectivity index (χ1n) is 20.7. The molecular formula is C48H55N5O3. The van der Waals surface area contributed by atoms with Crippen LogP contribution in [0.2, 0.25) is 0 Å². The van der Waals surface area contributed by atoms with Crippen molar-refractivity contribution in [3.05, 3.63) is 148 Å². The van der Waals surface area contributed by atoms with Gasteiger partial charge in [-0.1, -0.05) is 97.1 Å². The van der Waals surface area contributed by atoms with Crippen LogP contribution >= 0.6 is 0 Å². The molecule has 1 aromatic heterocycles. The summed E-state index contributed by atoms with van der Waals surface area (Å²) in [6.07, 6.45) is 8.32. The molecule has 3 atom stereocenters. The highest BCUT2D eigenvalue weighted by molar-refractivity contribution is 5.56. The normalized spacial score (nSPS) is 22.9. The minimum atomic E-state index is -0.513. The summed E-state index contributed by atoms with van der Waals surface area (Å²) >= 11 is 0. The molecule has 1 N–H and O–H groups in total. The number of hydrogen-bond acceptors (Lipinski definition) is 8. The van der Waals surface area contributed by atoms with Gasteiger partial charge >= 0.3 is 6.01 Å². The number of methoxy groups -OCH3 is 1. The maximum atomic E-state index is 10.7. The van der Waals surface area contributed by atoms with Gasteiger partial charge in [0, 0.05) is 43.8 Å². The van der Waals surface area contributed by atoms with E-state index >= 15 is 0 Å². The van der Waals surface area contributed by atoms with Gasteiger partial charge in [-0.2, -0.15) is 9.97 Å². The number of benzene rings is 4. The molecule has 290 valence electrons. The van der Waals surface area contributed by atoms with Gasteiger partial charge in [0.15, 0.2) is 0 Å². The third-order valence-corrected chi connectivity index (χ3v) is 13.4. The van der Waals surface area contributed by atoms with Crippen molar-refractivity contribution >= 4 is 5.82 Å². The molecule has 2 fully saturated rings. The second-order valence-corrected chi connectivity index (χ2v) is 16.6. The quantitative estimate of drug-likeness (QED) is 0.147. The van der Waals surface area contributed by atoms with Crippen LogP contribution in [-0.2, 0) is 35.0 Å². The predicted molar refractivity (Wildman–Crippen MR) is 222 cm³/mol. The van der Waals surface area contributed by atoms with Crippen LogP contribution < -0.4 is 9.64 Å². The minimum absolute atomic E-state index is 0.0281. The molecule has 8 heteroatoms. The van der Waals surface area contributed by atoms with Crippen LogP contribution in [0.4, 0.5) is 5.82 Å². The molecule has 56 heavy (non-hydrogen) atoms. The zero-order chi connectivity index (χ0) is 38.1. The summed E-state index contributed by atoms with van der Waals surface area (Å²) in [6, 6.07) is 39.9. The van der Waals surface area contributed by atoms with Crippen LogP contribution in [0.25, 0.3) is 0 Å². The number of aryl methyl sites for hydroxylation is 1. The molecule has 1 unspecified atom stereocenters. The highest BCUT2D eigenvalue weighted by atomic mass is 16.5. The molecule has 4 aliphatic rings. The fraction of sp³-hybridized carbons (Fsp3) is 0.417. The number of rotatable bonds is 10. The molecule has 5 aromatic rings. The van der Waals surface area contributed by atoms with E-state index in [1.807, 2.05) is 19.2 Å². The average molecular weight is 750 g/mol. The van der Waals surface area contributed by atoms with Gasteiger partial charge in [-0.3, -0.25) is 4.90 Å². The Morgan fingerprint density at radius 1 is 0.768 bits per heavy atom. The van der Waals surface area contributed by atoms with Crippen LogP contribution in [0.15, 0.2) is 109 Å². The van der Waals surface area contributed by atoms with Crippen molar-refractivity contribution in [3.63, 3.8) is 0 Å². The summed E-state index contributed by atoms with van der Waals surface area (Å²) in [5, 5.41) is 10.7. The Labute approximate surface area is 332 Å². The fourth-order valence-corrected chi connectivity index (χ4v) is 10.7. The molecule has 1 spiro atoms. The highest BCUT2D eigenvalue weighted by Gasteiger charge is 2.47. The number of phenols is 1. The van der Waals surface area contributed by atoms with E-state index in [0.717, 1.165) is 82.6 Å². The van der Waals surface area contributed by atoms with Gasteiger partial charge in [0.2, 0.25) is 0 Å². The smallest absolute Gasteiger partial charge is 0.318 e. The summed E-state index contributed by atoms with van der Waals surface area (Å²) in [7, 11) is 4.01. The van der Waals surface area contributed by atoms with E-state index in [2.05, 4.69) is 119 Å². The maximum absolute atomic E-state index is 10.7. The number of ether oxygens (including phenoxy) is 2. The summed E-state index contributed by atoms with van der Waals surface area (Å²) in [6.45, 7) is 4.60. The van der Waals surface area contributed by atoms with Gasteiger partial charge in [0.05, 0.1) is 23.9 Å². The number of phenolic OH excluding ortho intramolecular Hbond substituents is 1. The van der Waals surface area contributed by atoms with Crippen LogP contribution in [0.5, 0.6) is 11.8 Å². The van der Waals surface area contributed by atoms with E-state index in [1.54, 1.807) is 0 Å². The number of anilines is 1. The van der Waals surface area contributed by atoms with Gasteiger partial charge in [0.1, 0.15) is 18.2 Å². The third-order valence-electron chi connectivity index (χ3n) is 13.4. The molecular weight excluding hydrogens is 695 g/mol. The lowest BCUT2D eigenvalue weighted by atomic mass is 9.62. The highest BCUT2D eigenvalue weighted by Crippen LogP contribution is 2.49. The fourth-order valence-electron chi connectivity index (χ4n) is 10.7. The van der Waals surface area contributed by atoms with Gasteiger partial charge < -0.3 is 24.4 Å². The van der Waals surface area contributed by atoms with Crippen molar-refractivity contribution < 1.29 is 14.6 Å². The maximum Gasteiger partial charge on any atom is 0.318 e. The Morgan fingerprint density at radius 3 is 2.11 bits per heavy atom. The molecule has 8 nitrogen and oxygen atoms in total. The molecule has 2 saturated heterocycles. The van der Waals surface area contributed by atoms with Crippen molar-refractivity contribution in [2.75, 3.05) is 58.5 Å². The molecule has 0 amide bonds. The number of likely N-dealkylation sites (N-methyl/N-ethyl adjacent to an activating group) is 1. The van der Waals surface area contributed by atoms with Gasteiger partial charge in [-0.15, -0.1) is 0 Å². The molecule has 0 radical (unpaired) electrons. The van der Waals surface area contributed by atoms with E-state index in [1.165, 1.54) is 39.8 Å². The summed E-state index contributed by atoms with van der Waals surface area (Å²) in [5.74, 6) is 1.35. The predicted octanol–water partition coefficient (Wildman–Crippen LogP) is 7.55. The second kappa shape index (κ2) is 15.6. The zero-order valence-electron chi connectivity index (χ0n) is 32.9. The van der Waals surface area contributed by atoms with E-state index in [9.17, 15) is 5.11 Å². The number of fused-ring (bicyclic) bond motifs is 3. The Hall–Kier alpha value is -4.76. The lowest BCUT2D eigenvalue weighted by molar-refractivity contribution is 0.0879. The standard InChI is InChI=1S/C48H55N5O3/c1-51-27-13-21-39(51)34-56-46-49-44-31-47(25-12-14-35-22-23-41(54)30-43(35)47)26-24-42(44)45(50-46)53-29-28-52(32-40(53)33-55-2)48(36-15-6-3-7-16-36,37-17-8-4-9-18-37)38-19-10-5-11-20-38/h3-11,15-20,22-23,30,39-40,54H,12-14,21,24-29,31-34H2,1-2H3/t39-,40+,47?/m0/s1. The van der Waals surface area contributed by atoms with Crippen molar-refractivity contribution in [3.8, 4) is 11.8 Å². The molecule has 9 rings (SSSR count). The largest absolute Gasteiger partial charge is 0.508 e. The number of aromatic nitrogens is 2. The minimum Gasteiger partial charge on any atom is -0.508 e. The first-order valence-corrected chi connectivity index (χ1v) is 20.7. The van der Waals surface area contributed by atoms with E-state index < -0.39 is 5.54 Å². The van der Waals surface area contributed by atoms with E-state index in [-0.39, 0.29) is 11.5 Å². The van der Waals surface area contributed by atoms with Gasteiger partial charge in [-0.25, -0.2) is 0 Å². The van der Waals surface area contributed by atoms with Crippen LogP contribution in [-0.4, -0.2) is 90.5 Å². The van der Waals surface area contributed by atoms with Crippen LogP contribution in [0.1, 0.15) is 71.2 Å². The van der Waals surface area contributed by atoms with Crippen LogP contribution in [0.3, 0.4) is 0 Å². The lowest BCUT2D eigenvalue weighted by Crippen LogP contribution is -2.62. The number of hydrogen-bond donors (Lipinski definition) is 1. The topological polar surface area (TPSA) is 74.2 Å². The third kappa shape index (κ3) is 6.65. The lowest BCUT2D eigenvalue weighted by Gasteiger charge is -2.52. The summed E-state index contributed by atoms with van der Waals surface area (Å²) in [4.78, 5) is 18.2. The van der Waals surface area contributed by atoms with Crippen molar-refractivity contribution in [2.24, 2.45) is 0 Å². The van der Waals surface area contributed by atoms with Gasteiger partial charge in [-0.05, 0) is 105 Å². The van der Waals surface area contributed by atoms with E-state index in [4.69, 9.17) is 19.4 Å². The summed E-state index contributed by atoms with van der Waals surface area (Å²) in [5.41, 5.74) is 8.17. The molecule has 2 aliphatic carbocycles.